The van der Waals surface area contributed by atoms with Crippen LogP contribution in [-0.4, -0.2) is 55.7 Å². The monoisotopic (exact) mass is 213 g/mol. The zero-order valence-corrected chi connectivity index (χ0v) is 8.95. The van der Waals surface area contributed by atoms with Crippen LogP contribution < -0.4 is 11.1 Å². The minimum atomic E-state index is 0.110. The Balaban J connectivity index is 1.64. The third kappa shape index (κ3) is 3.15. The molecule has 0 bridgehead atoms. The van der Waals surface area contributed by atoms with E-state index in [0.717, 1.165) is 25.9 Å². The average Bonchev–Trinajstić information content (AvgIpc) is 2.16. The van der Waals surface area contributed by atoms with Gasteiger partial charge in [0.2, 0.25) is 5.91 Å². The Bertz CT molecular complexity index is 223. The Morgan fingerprint density at radius 2 is 2.07 bits per heavy atom. The van der Waals surface area contributed by atoms with Gasteiger partial charge < -0.3 is 15.8 Å². The Labute approximate surface area is 89.9 Å². The van der Waals surface area contributed by atoms with Gasteiger partial charge in [-0.25, -0.2) is 0 Å². The molecule has 1 amide bonds. The summed E-state index contributed by atoms with van der Waals surface area (Å²) in [6.45, 7) is 3.71. The second-order valence-corrected chi connectivity index (χ2v) is 4.42. The molecule has 15 heavy (non-hydrogen) atoms. The van der Waals surface area contributed by atoms with Gasteiger partial charge in [-0.3, -0.25) is 9.69 Å². The molecule has 2 saturated heterocycles. The first-order valence-electron chi connectivity index (χ1n) is 5.59. The molecule has 2 fully saturated rings. The molecule has 2 rings (SSSR count). The number of nitrogens with zero attached hydrogens (tertiary/aromatic N) is 1. The number of hydrogen-bond donors (Lipinski definition) is 2. The number of amides is 1. The van der Waals surface area contributed by atoms with Crippen LogP contribution in [0, 0.1) is 0 Å². The zero-order chi connectivity index (χ0) is 10.7. The van der Waals surface area contributed by atoms with Gasteiger partial charge >= 0.3 is 0 Å². The number of rotatable bonds is 3. The van der Waals surface area contributed by atoms with E-state index in [4.69, 9.17) is 10.5 Å². The summed E-state index contributed by atoms with van der Waals surface area (Å²) in [7, 11) is 0. The lowest BCUT2D eigenvalue weighted by Gasteiger charge is -2.31. The van der Waals surface area contributed by atoms with Crippen LogP contribution in [-0.2, 0) is 9.53 Å². The lowest BCUT2D eigenvalue weighted by atomic mass is 10.1. The molecule has 0 aliphatic carbocycles. The summed E-state index contributed by atoms with van der Waals surface area (Å²) in [5.74, 6) is 0.110. The summed E-state index contributed by atoms with van der Waals surface area (Å²) in [5.41, 5.74) is 5.80. The van der Waals surface area contributed by atoms with Crippen LogP contribution in [0.3, 0.4) is 0 Å². The molecule has 2 aliphatic heterocycles. The highest BCUT2D eigenvalue weighted by Gasteiger charge is 2.22. The van der Waals surface area contributed by atoms with E-state index in [-0.39, 0.29) is 11.9 Å². The zero-order valence-electron chi connectivity index (χ0n) is 8.95. The molecule has 3 N–H and O–H groups in total. The van der Waals surface area contributed by atoms with Gasteiger partial charge in [0.25, 0.3) is 0 Å². The molecule has 0 atom stereocenters. The smallest absolute Gasteiger partial charge is 0.234 e. The van der Waals surface area contributed by atoms with E-state index in [2.05, 4.69) is 10.2 Å². The Morgan fingerprint density at radius 1 is 1.40 bits per heavy atom. The predicted molar refractivity (Wildman–Crippen MR) is 56.4 cm³/mol. The van der Waals surface area contributed by atoms with Gasteiger partial charge in [-0.1, -0.05) is 0 Å². The van der Waals surface area contributed by atoms with E-state index in [0.29, 0.717) is 25.8 Å². The van der Waals surface area contributed by atoms with Crippen molar-refractivity contribution in [2.75, 3.05) is 32.8 Å². The summed E-state index contributed by atoms with van der Waals surface area (Å²) in [4.78, 5) is 13.7. The van der Waals surface area contributed by atoms with Crippen LogP contribution in [0.4, 0.5) is 0 Å². The molecule has 5 heteroatoms. The number of piperidine rings is 1. The molecule has 0 aromatic carbocycles. The van der Waals surface area contributed by atoms with Gasteiger partial charge in [0.1, 0.15) is 0 Å². The van der Waals surface area contributed by atoms with Crippen molar-refractivity contribution in [2.24, 2.45) is 5.73 Å². The van der Waals surface area contributed by atoms with Gasteiger partial charge in [-0.15, -0.1) is 0 Å². The molecule has 0 aromatic rings. The molecule has 5 nitrogen and oxygen atoms in total. The minimum Gasteiger partial charge on any atom is -0.377 e. The summed E-state index contributed by atoms with van der Waals surface area (Å²) in [5, 5.41) is 2.94. The maximum atomic E-state index is 11.6. The number of nitrogens with one attached hydrogen (secondary N) is 1. The summed E-state index contributed by atoms with van der Waals surface area (Å²) in [6, 6.07) is 0.564. The Hall–Kier alpha value is -0.650. The quantitative estimate of drug-likeness (QED) is 0.626. The van der Waals surface area contributed by atoms with Crippen LogP contribution in [0.25, 0.3) is 0 Å². The molecule has 0 unspecified atom stereocenters. The predicted octanol–water partition coefficient (Wildman–Crippen LogP) is -1.08. The van der Waals surface area contributed by atoms with Crippen molar-refractivity contribution in [1.82, 2.24) is 10.2 Å². The van der Waals surface area contributed by atoms with Crippen LogP contribution in [0.5, 0.6) is 0 Å². The normalized spacial score (nSPS) is 24.9. The highest BCUT2D eigenvalue weighted by Crippen LogP contribution is 2.07. The molecular weight excluding hydrogens is 194 g/mol. The summed E-state index contributed by atoms with van der Waals surface area (Å²) >= 11 is 0. The van der Waals surface area contributed by atoms with Crippen LogP contribution in [0.15, 0.2) is 0 Å². The van der Waals surface area contributed by atoms with E-state index < -0.39 is 0 Å². The SMILES string of the molecule is NC1CCN(CC(=O)NC2COC2)CC1. The molecule has 2 heterocycles. The van der Waals surface area contributed by atoms with Crippen LogP contribution in [0.2, 0.25) is 0 Å². The van der Waals surface area contributed by atoms with Crippen molar-refractivity contribution in [1.29, 1.82) is 0 Å². The summed E-state index contributed by atoms with van der Waals surface area (Å²) < 4.78 is 4.99. The molecule has 2 aliphatic rings. The van der Waals surface area contributed by atoms with E-state index in [1.807, 2.05) is 0 Å². The number of carbonyl (C=O) groups is 1. The number of carbonyl (C=O) groups excluding carboxylic acids is 1. The van der Waals surface area contributed by atoms with Gasteiger partial charge in [-0.05, 0) is 12.8 Å². The molecule has 0 aromatic heterocycles. The largest absolute Gasteiger partial charge is 0.377 e. The second-order valence-electron chi connectivity index (χ2n) is 4.42. The maximum absolute atomic E-state index is 11.6. The third-order valence-electron chi connectivity index (χ3n) is 3.00. The number of likely N-dealkylation sites (tertiary alicyclic amines) is 1. The average molecular weight is 213 g/mol. The van der Waals surface area contributed by atoms with Crippen molar-refractivity contribution < 1.29 is 9.53 Å². The van der Waals surface area contributed by atoms with Crippen molar-refractivity contribution in [3.63, 3.8) is 0 Å². The van der Waals surface area contributed by atoms with Gasteiger partial charge in [0.05, 0.1) is 25.8 Å². The van der Waals surface area contributed by atoms with E-state index >= 15 is 0 Å². The lowest BCUT2D eigenvalue weighted by molar-refractivity contribution is -0.126. The first-order chi connectivity index (χ1) is 7.24. The Morgan fingerprint density at radius 3 is 2.60 bits per heavy atom. The standard InChI is InChI=1S/C10H19N3O2/c11-8-1-3-13(4-2-8)5-10(14)12-9-6-15-7-9/h8-9H,1-7,11H2,(H,12,14). The van der Waals surface area contributed by atoms with E-state index in [1.54, 1.807) is 0 Å². The van der Waals surface area contributed by atoms with E-state index in [9.17, 15) is 4.79 Å². The first-order valence-corrected chi connectivity index (χ1v) is 5.59. The topological polar surface area (TPSA) is 67.6 Å². The van der Waals surface area contributed by atoms with Crippen molar-refractivity contribution >= 4 is 5.91 Å². The van der Waals surface area contributed by atoms with Gasteiger partial charge in [0, 0.05) is 19.1 Å². The fraction of sp³-hybridized carbons (Fsp3) is 0.900. The Kier molecular flexibility index (Phi) is 3.56. The third-order valence-corrected chi connectivity index (χ3v) is 3.00. The van der Waals surface area contributed by atoms with Crippen LogP contribution in [0.1, 0.15) is 12.8 Å². The van der Waals surface area contributed by atoms with Crippen LogP contribution >= 0.6 is 0 Å². The molecular formula is C10H19N3O2. The number of nitrogens with two attached hydrogens (primary N) is 1. The van der Waals surface area contributed by atoms with Crippen molar-refractivity contribution in [3.05, 3.63) is 0 Å². The molecule has 86 valence electrons. The van der Waals surface area contributed by atoms with Crippen molar-refractivity contribution in [2.45, 2.75) is 24.9 Å². The maximum Gasteiger partial charge on any atom is 0.234 e. The molecule has 0 saturated carbocycles. The highest BCUT2D eigenvalue weighted by molar-refractivity contribution is 5.78. The molecule has 0 spiro atoms. The number of ether oxygens (including phenoxy) is 1. The van der Waals surface area contributed by atoms with E-state index in [1.165, 1.54) is 0 Å². The van der Waals surface area contributed by atoms with Crippen molar-refractivity contribution in [3.8, 4) is 0 Å². The van der Waals surface area contributed by atoms with Gasteiger partial charge in [0.15, 0.2) is 0 Å². The van der Waals surface area contributed by atoms with Gasteiger partial charge in [-0.2, -0.15) is 0 Å². The molecule has 0 radical (unpaired) electrons. The minimum absolute atomic E-state index is 0.110. The fourth-order valence-corrected chi connectivity index (χ4v) is 1.91. The summed E-state index contributed by atoms with van der Waals surface area (Å²) in [6.07, 6.45) is 2.00. The fourth-order valence-electron chi connectivity index (χ4n) is 1.91. The lowest BCUT2D eigenvalue weighted by Crippen LogP contribution is -2.52. The highest BCUT2D eigenvalue weighted by atomic mass is 16.5. The second kappa shape index (κ2) is 4.92. The first kappa shape index (κ1) is 10.9. The number of hydrogen-bond acceptors (Lipinski definition) is 4.